The molecule has 2 unspecified atom stereocenters. The molecule has 5 rings (SSSR count). The topological polar surface area (TPSA) is 104 Å². The number of thiazole rings is 1. The second-order valence-electron chi connectivity index (χ2n) is 9.92. The Kier molecular flexibility index (Phi) is 6.96. The van der Waals surface area contributed by atoms with Crippen molar-refractivity contribution in [2.45, 2.75) is 27.2 Å². The number of carbonyl (C=O) groups excluding carboxylic acids is 3. The number of nitrogens with zero attached hydrogens (tertiary/aromatic N) is 4. The number of Topliss-reactive ketones (excluding diaryl/α,β-unsaturated/α-hetero) is 1. The number of hydrogen-bond donors (Lipinski definition) is 1. The Bertz CT molecular complexity index is 1270. The molecule has 1 amide bonds. The second-order valence-corrected chi connectivity index (χ2v) is 10.8. The van der Waals surface area contributed by atoms with Crippen LogP contribution in [0.2, 0.25) is 0 Å². The van der Waals surface area contributed by atoms with E-state index in [0.29, 0.717) is 36.7 Å². The first-order valence-corrected chi connectivity index (χ1v) is 13.4. The van der Waals surface area contributed by atoms with E-state index in [1.165, 1.54) is 18.3 Å². The highest BCUT2D eigenvalue weighted by atomic mass is 32.1. The van der Waals surface area contributed by atoms with Gasteiger partial charge >= 0.3 is 5.97 Å². The van der Waals surface area contributed by atoms with Gasteiger partial charge in [-0.2, -0.15) is 0 Å². The predicted molar refractivity (Wildman–Crippen MR) is 142 cm³/mol. The van der Waals surface area contributed by atoms with E-state index in [9.17, 15) is 14.4 Å². The van der Waals surface area contributed by atoms with Crippen LogP contribution in [-0.2, 0) is 14.3 Å². The van der Waals surface area contributed by atoms with Gasteiger partial charge in [-0.25, -0.2) is 9.78 Å². The first kappa shape index (κ1) is 25.3. The SMILES string of the molecule is CCOC(=O)C1=C(CN2CCC3(C)C(=O)N(c4ccc(C(C)=O)cc4)CC3C2)NC(c2nccs2)=NC1. The number of benzene rings is 1. The molecule has 3 aliphatic rings. The Balaban J connectivity index is 1.33. The third-order valence-corrected chi connectivity index (χ3v) is 8.40. The minimum Gasteiger partial charge on any atom is -0.463 e. The largest absolute Gasteiger partial charge is 0.463 e. The lowest BCUT2D eigenvalue weighted by Crippen LogP contribution is -2.49. The number of aromatic nitrogens is 1. The molecule has 1 aromatic carbocycles. The van der Waals surface area contributed by atoms with E-state index in [0.717, 1.165) is 35.9 Å². The van der Waals surface area contributed by atoms with Crippen molar-refractivity contribution in [3.63, 3.8) is 0 Å². The van der Waals surface area contributed by atoms with Crippen LogP contribution >= 0.6 is 11.3 Å². The molecule has 37 heavy (non-hydrogen) atoms. The monoisotopic (exact) mass is 521 g/mol. The maximum Gasteiger partial charge on any atom is 0.337 e. The van der Waals surface area contributed by atoms with Gasteiger partial charge in [0, 0.05) is 54.1 Å². The summed E-state index contributed by atoms with van der Waals surface area (Å²) in [6.07, 6.45) is 2.46. The zero-order valence-electron chi connectivity index (χ0n) is 21.3. The van der Waals surface area contributed by atoms with Crippen molar-refractivity contribution in [1.29, 1.82) is 0 Å². The van der Waals surface area contributed by atoms with Gasteiger partial charge in [-0.15, -0.1) is 11.3 Å². The van der Waals surface area contributed by atoms with Gasteiger partial charge in [0.05, 0.1) is 24.1 Å². The van der Waals surface area contributed by atoms with Crippen molar-refractivity contribution < 1.29 is 19.1 Å². The Morgan fingerprint density at radius 3 is 2.70 bits per heavy atom. The molecule has 0 bridgehead atoms. The lowest BCUT2D eigenvalue weighted by atomic mass is 9.73. The molecule has 0 radical (unpaired) electrons. The van der Waals surface area contributed by atoms with Crippen molar-refractivity contribution >= 4 is 40.5 Å². The number of aliphatic imine (C=N–C) groups is 1. The number of amides is 1. The summed E-state index contributed by atoms with van der Waals surface area (Å²) in [5.41, 5.74) is 2.33. The second kappa shape index (κ2) is 10.2. The average Bonchev–Trinajstić information content (AvgIpc) is 3.52. The van der Waals surface area contributed by atoms with E-state index in [1.54, 1.807) is 25.3 Å². The number of carbonyl (C=O) groups is 3. The molecule has 2 saturated heterocycles. The van der Waals surface area contributed by atoms with Crippen LogP contribution < -0.4 is 10.2 Å². The zero-order chi connectivity index (χ0) is 26.2. The van der Waals surface area contributed by atoms with E-state index < -0.39 is 5.41 Å². The van der Waals surface area contributed by atoms with E-state index in [2.05, 4.69) is 27.1 Å². The summed E-state index contributed by atoms with van der Waals surface area (Å²) in [5, 5.41) is 6.02. The van der Waals surface area contributed by atoms with Crippen LogP contribution in [0.4, 0.5) is 5.69 Å². The molecule has 3 aliphatic heterocycles. The van der Waals surface area contributed by atoms with Crippen molar-refractivity contribution in [2.75, 3.05) is 44.2 Å². The number of piperidine rings is 1. The summed E-state index contributed by atoms with van der Waals surface area (Å²) < 4.78 is 5.30. The van der Waals surface area contributed by atoms with Crippen LogP contribution in [0.5, 0.6) is 0 Å². The van der Waals surface area contributed by atoms with Gasteiger partial charge in [0.15, 0.2) is 16.6 Å². The average molecular weight is 522 g/mol. The van der Waals surface area contributed by atoms with Crippen molar-refractivity contribution in [1.82, 2.24) is 15.2 Å². The predicted octanol–water partition coefficient (Wildman–Crippen LogP) is 2.89. The number of hydrogen-bond acceptors (Lipinski definition) is 9. The summed E-state index contributed by atoms with van der Waals surface area (Å²) in [5.74, 6) is 0.587. The molecular formula is C27H31N5O4S. The van der Waals surface area contributed by atoms with Gasteiger partial charge in [-0.1, -0.05) is 6.92 Å². The number of nitrogens with one attached hydrogen (secondary N) is 1. The van der Waals surface area contributed by atoms with Crippen LogP contribution in [0.15, 0.2) is 52.1 Å². The van der Waals surface area contributed by atoms with E-state index >= 15 is 0 Å². The maximum atomic E-state index is 13.5. The van der Waals surface area contributed by atoms with Crippen molar-refractivity contribution in [3.05, 3.63) is 57.7 Å². The normalized spacial score (nSPS) is 24.0. The summed E-state index contributed by atoms with van der Waals surface area (Å²) >= 11 is 1.49. The maximum absolute atomic E-state index is 13.5. The van der Waals surface area contributed by atoms with Crippen LogP contribution in [0.25, 0.3) is 0 Å². The molecule has 2 fully saturated rings. The molecule has 0 saturated carbocycles. The van der Waals surface area contributed by atoms with E-state index in [1.807, 2.05) is 22.4 Å². The Hall–Kier alpha value is -3.37. The molecule has 1 N–H and O–H groups in total. The van der Waals surface area contributed by atoms with Crippen LogP contribution in [0, 0.1) is 11.3 Å². The van der Waals surface area contributed by atoms with Gasteiger partial charge in [-0.05, 0) is 51.1 Å². The number of amidine groups is 1. The quantitative estimate of drug-likeness (QED) is 0.441. The minimum absolute atomic E-state index is 0.00597. The summed E-state index contributed by atoms with van der Waals surface area (Å²) in [6.45, 7) is 8.56. The lowest BCUT2D eigenvalue weighted by molar-refractivity contribution is -0.138. The van der Waals surface area contributed by atoms with Gasteiger partial charge in [0.25, 0.3) is 0 Å². The van der Waals surface area contributed by atoms with Crippen LogP contribution in [-0.4, -0.2) is 72.7 Å². The Morgan fingerprint density at radius 2 is 2.03 bits per heavy atom. The van der Waals surface area contributed by atoms with Crippen molar-refractivity contribution in [3.8, 4) is 0 Å². The van der Waals surface area contributed by atoms with Crippen molar-refractivity contribution in [2.24, 2.45) is 16.3 Å². The fraction of sp³-hybridized carbons (Fsp3) is 0.444. The number of rotatable bonds is 7. The van der Waals surface area contributed by atoms with Gasteiger partial charge in [0.2, 0.25) is 5.91 Å². The molecular weight excluding hydrogens is 490 g/mol. The molecule has 10 heteroatoms. The molecule has 0 spiro atoms. The summed E-state index contributed by atoms with van der Waals surface area (Å²) in [6, 6.07) is 7.27. The molecule has 4 heterocycles. The first-order valence-electron chi connectivity index (χ1n) is 12.6. The number of fused-ring (bicyclic) bond motifs is 1. The number of ketones is 1. The number of esters is 1. The highest BCUT2D eigenvalue weighted by molar-refractivity contribution is 7.11. The number of likely N-dealkylation sites (tertiary alicyclic amines) is 1. The third kappa shape index (κ3) is 4.83. The van der Waals surface area contributed by atoms with Crippen LogP contribution in [0.1, 0.15) is 42.6 Å². The molecule has 2 aromatic rings. The van der Waals surface area contributed by atoms with Gasteiger partial charge in [0.1, 0.15) is 0 Å². The highest BCUT2D eigenvalue weighted by Crippen LogP contribution is 2.45. The van der Waals surface area contributed by atoms with Gasteiger partial charge in [-0.3, -0.25) is 19.5 Å². The molecule has 0 aliphatic carbocycles. The fourth-order valence-corrected chi connectivity index (χ4v) is 5.93. The fourth-order valence-electron chi connectivity index (χ4n) is 5.33. The molecule has 9 nitrogen and oxygen atoms in total. The number of ether oxygens (including phenoxy) is 1. The van der Waals surface area contributed by atoms with Gasteiger partial charge < -0.3 is 15.0 Å². The number of anilines is 1. The smallest absolute Gasteiger partial charge is 0.337 e. The highest BCUT2D eigenvalue weighted by Gasteiger charge is 2.53. The van der Waals surface area contributed by atoms with E-state index in [-0.39, 0.29) is 30.1 Å². The molecule has 2 atom stereocenters. The Labute approximate surface area is 220 Å². The minimum atomic E-state index is -0.443. The van der Waals surface area contributed by atoms with Crippen LogP contribution in [0.3, 0.4) is 0 Å². The third-order valence-electron chi connectivity index (χ3n) is 7.62. The first-order chi connectivity index (χ1) is 17.8. The van der Waals surface area contributed by atoms with E-state index in [4.69, 9.17) is 4.74 Å². The zero-order valence-corrected chi connectivity index (χ0v) is 22.1. The Morgan fingerprint density at radius 1 is 1.24 bits per heavy atom. The molecule has 1 aromatic heterocycles. The lowest BCUT2D eigenvalue weighted by Gasteiger charge is -2.40. The standard InChI is InChI=1S/C27H31N5O4S/c1-4-36-25(34)21-13-29-23(24-28-10-12-37-24)30-22(21)16-31-11-9-27(3)19(14-31)15-32(26(27)35)20-7-5-18(6-8-20)17(2)33/h5-8,10,12,19H,4,9,11,13-16H2,1-3H3,(H,29,30). The summed E-state index contributed by atoms with van der Waals surface area (Å²) in [7, 11) is 0. The summed E-state index contributed by atoms with van der Waals surface area (Å²) in [4.78, 5) is 50.9. The molecule has 194 valence electrons.